The number of nitro benzene ring substituents is 1. The van der Waals surface area contributed by atoms with Crippen molar-refractivity contribution < 1.29 is 14.1 Å². The van der Waals surface area contributed by atoms with E-state index in [0.717, 1.165) is 0 Å². The van der Waals surface area contributed by atoms with Gasteiger partial charge in [-0.3, -0.25) is 14.9 Å². The molecule has 0 atom stereocenters. The third-order valence-electron chi connectivity index (χ3n) is 2.49. The first-order valence-electron chi connectivity index (χ1n) is 5.48. The minimum atomic E-state index is -0.544. The second kappa shape index (κ2) is 5.95. The van der Waals surface area contributed by atoms with Gasteiger partial charge < -0.3 is 5.32 Å². The Kier molecular flexibility index (Phi) is 4.28. The first-order chi connectivity index (χ1) is 9.47. The number of halogens is 2. The lowest BCUT2D eigenvalue weighted by Crippen LogP contribution is -2.13. The average Bonchev–Trinajstić information content (AvgIpc) is 2.38. The summed E-state index contributed by atoms with van der Waals surface area (Å²) in [5, 5.41) is 13.2. The van der Waals surface area contributed by atoms with E-state index in [-0.39, 0.29) is 5.69 Å². The van der Waals surface area contributed by atoms with Crippen molar-refractivity contribution in [2.45, 2.75) is 0 Å². The van der Waals surface area contributed by atoms with E-state index in [9.17, 15) is 19.3 Å². The fraction of sp³-hybridized carbons (Fsp3) is 0. The highest BCUT2D eigenvalue weighted by atomic mass is 127. The summed E-state index contributed by atoms with van der Waals surface area (Å²) in [5.41, 5.74) is 0.499. The van der Waals surface area contributed by atoms with Crippen LogP contribution in [0.5, 0.6) is 0 Å². The van der Waals surface area contributed by atoms with E-state index in [1.54, 1.807) is 6.07 Å². The Morgan fingerprint density at radius 3 is 2.65 bits per heavy atom. The fourth-order valence-corrected chi connectivity index (χ4v) is 2.29. The van der Waals surface area contributed by atoms with Gasteiger partial charge in [-0.2, -0.15) is 0 Å². The summed E-state index contributed by atoms with van der Waals surface area (Å²) in [7, 11) is 0. The zero-order valence-electron chi connectivity index (χ0n) is 9.97. The van der Waals surface area contributed by atoms with Crippen LogP contribution in [0.25, 0.3) is 0 Å². The second-order valence-corrected chi connectivity index (χ2v) is 5.05. The largest absolute Gasteiger partial charge is 0.322 e. The van der Waals surface area contributed by atoms with Gasteiger partial charge in [0.1, 0.15) is 5.82 Å². The number of amides is 1. The standard InChI is InChI=1S/C13H8FIN2O3/c14-8-4-5-11(12(15)6-8)13(18)16-9-2-1-3-10(7-9)17(19)20/h1-7H,(H,16,18). The molecule has 20 heavy (non-hydrogen) atoms. The number of carbonyl (C=O) groups is 1. The molecule has 102 valence electrons. The lowest BCUT2D eigenvalue weighted by atomic mass is 10.2. The predicted octanol–water partition coefficient (Wildman–Crippen LogP) is 3.59. The number of nitrogens with one attached hydrogen (secondary N) is 1. The maximum absolute atomic E-state index is 13.0. The highest BCUT2D eigenvalue weighted by Gasteiger charge is 2.12. The van der Waals surface area contributed by atoms with Crippen LogP contribution in [-0.2, 0) is 0 Å². The number of non-ortho nitro benzene ring substituents is 1. The summed E-state index contributed by atoms with van der Waals surface area (Å²) >= 11 is 1.85. The summed E-state index contributed by atoms with van der Waals surface area (Å²) in [6.45, 7) is 0. The molecule has 0 heterocycles. The molecule has 0 radical (unpaired) electrons. The molecule has 0 aromatic heterocycles. The molecule has 1 amide bonds. The van der Waals surface area contributed by atoms with Crippen molar-refractivity contribution in [3.8, 4) is 0 Å². The van der Waals surface area contributed by atoms with Crippen molar-refractivity contribution in [2.24, 2.45) is 0 Å². The molecule has 0 aliphatic carbocycles. The molecule has 5 nitrogen and oxygen atoms in total. The normalized spacial score (nSPS) is 10.1. The number of hydrogen-bond acceptors (Lipinski definition) is 3. The average molecular weight is 386 g/mol. The Morgan fingerprint density at radius 1 is 1.25 bits per heavy atom. The van der Waals surface area contributed by atoms with Gasteiger partial charge in [0.25, 0.3) is 11.6 Å². The van der Waals surface area contributed by atoms with E-state index in [2.05, 4.69) is 5.32 Å². The summed E-state index contributed by atoms with van der Waals surface area (Å²) in [6.07, 6.45) is 0. The van der Waals surface area contributed by atoms with Gasteiger partial charge in [0.15, 0.2) is 0 Å². The molecule has 7 heteroatoms. The van der Waals surface area contributed by atoms with E-state index in [0.29, 0.717) is 14.8 Å². The molecule has 0 aliphatic heterocycles. The van der Waals surface area contributed by atoms with E-state index in [4.69, 9.17) is 0 Å². The highest BCUT2D eigenvalue weighted by Crippen LogP contribution is 2.19. The second-order valence-electron chi connectivity index (χ2n) is 3.89. The molecule has 1 N–H and O–H groups in total. The smallest absolute Gasteiger partial charge is 0.271 e. The Balaban J connectivity index is 2.23. The van der Waals surface area contributed by atoms with Gasteiger partial charge in [-0.25, -0.2) is 4.39 Å². The van der Waals surface area contributed by atoms with Gasteiger partial charge in [-0.05, 0) is 46.9 Å². The van der Waals surface area contributed by atoms with E-state index in [1.807, 2.05) is 22.6 Å². The third kappa shape index (κ3) is 3.29. The molecule has 0 aliphatic rings. The topological polar surface area (TPSA) is 72.2 Å². The van der Waals surface area contributed by atoms with Gasteiger partial charge in [0, 0.05) is 21.4 Å². The van der Waals surface area contributed by atoms with Crippen molar-refractivity contribution in [2.75, 3.05) is 5.32 Å². The molecular formula is C13H8FIN2O3. The quantitative estimate of drug-likeness (QED) is 0.498. The molecule has 0 fully saturated rings. The Labute approximate surface area is 127 Å². The van der Waals surface area contributed by atoms with Crippen LogP contribution in [-0.4, -0.2) is 10.8 Å². The van der Waals surface area contributed by atoms with Gasteiger partial charge in [0.05, 0.1) is 10.5 Å². The van der Waals surface area contributed by atoms with Crippen molar-refractivity contribution in [3.63, 3.8) is 0 Å². The van der Waals surface area contributed by atoms with Crippen molar-refractivity contribution in [3.05, 3.63) is 67.5 Å². The molecular weight excluding hydrogens is 378 g/mol. The van der Waals surface area contributed by atoms with E-state index in [1.165, 1.54) is 36.4 Å². The van der Waals surface area contributed by atoms with Crippen LogP contribution in [0.1, 0.15) is 10.4 Å². The maximum atomic E-state index is 13.0. The van der Waals surface area contributed by atoms with Crippen LogP contribution in [0.15, 0.2) is 42.5 Å². The fourth-order valence-electron chi connectivity index (χ4n) is 1.57. The van der Waals surface area contributed by atoms with Gasteiger partial charge in [0.2, 0.25) is 0 Å². The summed E-state index contributed by atoms with van der Waals surface area (Å²) in [4.78, 5) is 22.1. The van der Waals surface area contributed by atoms with Crippen LogP contribution in [0.2, 0.25) is 0 Å². The molecule has 0 saturated carbocycles. The first-order valence-corrected chi connectivity index (χ1v) is 6.56. The summed E-state index contributed by atoms with van der Waals surface area (Å²) in [6, 6.07) is 9.40. The number of anilines is 1. The van der Waals surface area contributed by atoms with Crippen LogP contribution in [0.3, 0.4) is 0 Å². The van der Waals surface area contributed by atoms with Crippen LogP contribution < -0.4 is 5.32 Å². The zero-order chi connectivity index (χ0) is 14.7. The number of hydrogen-bond donors (Lipinski definition) is 1. The van der Waals surface area contributed by atoms with Gasteiger partial charge >= 0.3 is 0 Å². The first kappa shape index (κ1) is 14.4. The minimum absolute atomic E-state index is 0.114. The van der Waals surface area contributed by atoms with Crippen molar-refractivity contribution >= 4 is 39.9 Å². The Hall–Kier alpha value is -2.03. The number of benzene rings is 2. The lowest BCUT2D eigenvalue weighted by Gasteiger charge is -2.06. The molecule has 2 aromatic carbocycles. The molecule has 0 spiro atoms. The number of nitro groups is 1. The number of carbonyl (C=O) groups excluding carboxylic acids is 1. The van der Waals surface area contributed by atoms with Crippen LogP contribution >= 0.6 is 22.6 Å². The SMILES string of the molecule is O=C(Nc1cccc([N+](=O)[O-])c1)c1ccc(F)cc1I. The molecule has 0 bridgehead atoms. The molecule has 2 aromatic rings. The van der Waals surface area contributed by atoms with Gasteiger partial charge in [-0.15, -0.1) is 0 Å². The Bertz CT molecular complexity index is 691. The minimum Gasteiger partial charge on any atom is -0.322 e. The summed E-state index contributed by atoms with van der Waals surface area (Å²) in [5.74, 6) is -0.879. The molecule has 2 rings (SSSR count). The Morgan fingerprint density at radius 2 is 2.00 bits per heavy atom. The number of nitrogens with zero attached hydrogens (tertiary/aromatic N) is 1. The maximum Gasteiger partial charge on any atom is 0.271 e. The predicted molar refractivity (Wildman–Crippen MR) is 80.2 cm³/mol. The highest BCUT2D eigenvalue weighted by molar-refractivity contribution is 14.1. The third-order valence-corrected chi connectivity index (χ3v) is 3.38. The molecule has 0 saturated heterocycles. The van der Waals surface area contributed by atoms with Crippen molar-refractivity contribution in [1.29, 1.82) is 0 Å². The lowest BCUT2D eigenvalue weighted by molar-refractivity contribution is -0.384. The van der Waals surface area contributed by atoms with Gasteiger partial charge in [-0.1, -0.05) is 6.07 Å². The molecule has 0 unspecified atom stereocenters. The summed E-state index contributed by atoms with van der Waals surface area (Å²) < 4.78 is 13.4. The van der Waals surface area contributed by atoms with Crippen LogP contribution in [0.4, 0.5) is 15.8 Å². The van der Waals surface area contributed by atoms with Crippen molar-refractivity contribution in [1.82, 2.24) is 0 Å². The number of rotatable bonds is 3. The van der Waals surface area contributed by atoms with E-state index >= 15 is 0 Å². The zero-order valence-corrected chi connectivity index (χ0v) is 12.1. The monoisotopic (exact) mass is 386 g/mol. The van der Waals surface area contributed by atoms with Crippen LogP contribution in [0, 0.1) is 19.5 Å². The van der Waals surface area contributed by atoms with E-state index < -0.39 is 16.6 Å².